The van der Waals surface area contributed by atoms with Gasteiger partial charge in [0.05, 0.1) is 5.75 Å². The Bertz CT molecular complexity index is 1020. The van der Waals surface area contributed by atoms with E-state index in [0.29, 0.717) is 5.56 Å². The molecule has 1 heterocycles. The summed E-state index contributed by atoms with van der Waals surface area (Å²) in [6, 6.07) is 12.1. The van der Waals surface area contributed by atoms with Crippen LogP contribution >= 0.6 is 11.8 Å². The Morgan fingerprint density at radius 2 is 1.97 bits per heavy atom. The standard InChI is InChI=1S/C22H21FN2O3S/c1-14(27-20-9-5-4-8-18(20)23)21-24-25-22(28-21)29-13-19(26)17-11-10-15-6-2-3-7-16(15)12-17/h4-5,8-12,14H,2-3,6-7,13H2,1H3/t14-/m0/s1. The number of carbonyl (C=O) groups excluding carboxylic acids is 1. The second kappa shape index (κ2) is 8.78. The maximum Gasteiger partial charge on any atom is 0.277 e. The van der Waals surface area contributed by atoms with Gasteiger partial charge in [-0.15, -0.1) is 10.2 Å². The number of rotatable bonds is 7. The summed E-state index contributed by atoms with van der Waals surface area (Å²) in [5.74, 6) is 0.137. The zero-order valence-corrected chi connectivity index (χ0v) is 16.9. The Labute approximate surface area is 172 Å². The number of aromatic nitrogens is 2. The summed E-state index contributed by atoms with van der Waals surface area (Å²) in [7, 11) is 0. The minimum absolute atomic E-state index is 0.0266. The minimum Gasteiger partial charge on any atom is -0.478 e. The highest BCUT2D eigenvalue weighted by atomic mass is 32.2. The van der Waals surface area contributed by atoms with Crippen molar-refractivity contribution in [3.8, 4) is 5.75 Å². The zero-order valence-electron chi connectivity index (χ0n) is 16.1. The van der Waals surface area contributed by atoms with E-state index < -0.39 is 11.9 Å². The highest BCUT2D eigenvalue weighted by Gasteiger charge is 2.19. The van der Waals surface area contributed by atoms with Gasteiger partial charge in [0.25, 0.3) is 11.1 Å². The molecule has 0 fully saturated rings. The number of carbonyl (C=O) groups is 1. The van der Waals surface area contributed by atoms with E-state index in [1.165, 1.54) is 47.9 Å². The smallest absolute Gasteiger partial charge is 0.277 e. The van der Waals surface area contributed by atoms with E-state index in [-0.39, 0.29) is 28.4 Å². The molecule has 4 rings (SSSR count). The molecule has 0 aliphatic heterocycles. The predicted octanol–water partition coefficient (Wildman–Crippen LogP) is 5.20. The van der Waals surface area contributed by atoms with Crippen LogP contribution in [0.2, 0.25) is 0 Å². The molecule has 150 valence electrons. The molecule has 0 N–H and O–H groups in total. The van der Waals surface area contributed by atoms with E-state index in [0.717, 1.165) is 12.8 Å². The average molecular weight is 412 g/mol. The quantitative estimate of drug-likeness (QED) is 0.392. The average Bonchev–Trinajstić information content (AvgIpc) is 3.22. The largest absolute Gasteiger partial charge is 0.478 e. The van der Waals surface area contributed by atoms with Gasteiger partial charge < -0.3 is 9.15 Å². The van der Waals surface area contributed by atoms with E-state index in [1.807, 2.05) is 12.1 Å². The van der Waals surface area contributed by atoms with Crippen molar-refractivity contribution in [3.63, 3.8) is 0 Å². The molecular formula is C22H21FN2O3S. The predicted molar refractivity (Wildman–Crippen MR) is 108 cm³/mol. The lowest BCUT2D eigenvalue weighted by molar-refractivity contribution is 0.102. The molecule has 0 amide bonds. The number of para-hydroxylation sites is 1. The van der Waals surface area contributed by atoms with Crippen molar-refractivity contribution in [3.05, 3.63) is 70.9 Å². The Balaban J connectivity index is 1.35. The van der Waals surface area contributed by atoms with Crippen LogP contribution in [-0.4, -0.2) is 21.7 Å². The number of benzene rings is 2. The number of nitrogens with zero attached hydrogens (tertiary/aromatic N) is 2. The minimum atomic E-state index is -0.606. The first-order valence-corrected chi connectivity index (χ1v) is 10.6. The second-order valence-corrected chi connectivity index (χ2v) is 7.93. The number of hydrogen-bond acceptors (Lipinski definition) is 6. The van der Waals surface area contributed by atoms with Gasteiger partial charge in [0.2, 0.25) is 0 Å². The molecule has 2 aromatic carbocycles. The molecule has 0 saturated heterocycles. The molecule has 7 heteroatoms. The number of ketones is 1. The first kappa shape index (κ1) is 19.6. The van der Waals surface area contributed by atoms with Crippen molar-refractivity contribution in [1.82, 2.24) is 10.2 Å². The fourth-order valence-corrected chi connectivity index (χ4v) is 4.01. The van der Waals surface area contributed by atoms with Gasteiger partial charge in [-0.1, -0.05) is 36.0 Å². The Morgan fingerprint density at radius 1 is 1.17 bits per heavy atom. The molecule has 0 radical (unpaired) electrons. The number of hydrogen-bond donors (Lipinski definition) is 0. The Morgan fingerprint density at radius 3 is 2.79 bits per heavy atom. The van der Waals surface area contributed by atoms with Crippen LogP contribution in [0, 0.1) is 5.82 Å². The lowest BCUT2D eigenvalue weighted by Gasteiger charge is -2.16. The molecule has 1 aromatic heterocycles. The molecule has 1 atom stereocenters. The van der Waals surface area contributed by atoms with Crippen molar-refractivity contribution in [2.75, 3.05) is 5.75 Å². The van der Waals surface area contributed by atoms with Crippen LogP contribution in [0.25, 0.3) is 0 Å². The number of fused-ring (bicyclic) bond motifs is 1. The third-order valence-corrected chi connectivity index (χ3v) is 5.73. The van der Waals surface area contributed by atoms with Crippen molar-refractivity contribution in [2.45, 2.75) is 43.9 Å². The van der Waals surface area contributed by atoms with Crippen LogP contribution in [0.1, 0.15) is 53.2 Å². The molecule has 1 aliphatic carbocycles. The lowest BCUT2D eigenvalue weighted by Crippen LogP contribution is -2.07. The van der Waals surface area contributed by atoms with E-state index >= 15 is 0 Å². The highest BCUT2D eigenvalue weighted by molar-refractivity contribution is 7.99. The van der Waals surface area contributed by atoms with E-state index in [9.17, 15) is 9.18 Å². The maximum absolute atomic E-state index is 13.7. The summed E-state index contributed by atoms with van der Waals surface area (Å²) < 4.78 is 24.8. The molecule has 0 unspecified atom stereocenters. The molecule has 0 saturated carbocycles. The van der Waals surface area contributed by atoms with Gasteiger partial charge in [-0.25, -0.2) is 4.39 Å². The van der Waals surface area contributed by atoms with Gasteiger partial charge in [-0.3, -0.25) is 4.79 Å². The van der Waals surface area contributed by atoms with Gasteiger partial charge in [0.1, 0.15) is 0 Å². The molecule has 29 heavy (non-hydrogen) atoms. The van der Waals surface area contributed by atoms with Crippen LogP contribution < -0.4 is 4.74 Å². The topological polar surface area (TPSA) is 65.2 Å². The zero-order chi connectivity index (χ0) is 20.2. The highest BCUT2D eigenvalue weighted by Crippen LogP contribution is 2.27. The molecular weight excluding hydrogens is 391 g/mol. The summed E-state index contributed by atoms with van der Waals surface area (Å²) >= 11 is 1.19. The van der Waals surface area contributed by atoms with E-state index in [4.69, 9.17) is 9.15 Å². The van der Waals surface area contributed by atoms with E-state index in [2.05, 4.69) is 16.3 Å². The third kappa shape index (κ3) is 4.67. The number of thioether (sulfide) groups is 1. The van der Waals surface area contributed by atoms with Gasteiger partial charge in [0.15, 0.2) is 23.5 Å². The fourth-order valence-electron chi connectivity index (χ4n) is 3.34. The molecule has 5 nitrogen and oxygen atoms in total. The number of ether oxygens (including phenoxy) is 1. The fraction of sp³-hybridized carbons (Fsp3) is 0.318. The summed E-state index contributed by atoms with van der Waals surface area (Å²) in [4.78, 5) is 12.5. The van der Waals surface area contributed by atoms with Crippen molar-refractivity contribution in [2.24, 2.45) is 0 Å². The van der Waals surface area contributed by atoms with Gasteiger partial charge in [-0.2, -0.15) is 0 Å². The summed E-state index contributed by atoms with van der Waals surface area (Å²) in [6.45, 7) is 1.70. The van der Waals surface area contributed by atoms with Crippen molar-refractivity contribution >= 4 is 17.5 Å². The first-order valence-electron chi connectivity index (χ1n) is 9.62. The van der Waals surface area contributed by atoms with Crippen LogP contribution in [-0.2, 0) is 12.8 Å². The Kier molecular flexibility index (Phi) is 5.94. The van der Waals surface area contributed by atoms with Crippen LogP contribution in [0.3, 0.4) is 0 Å². The first-order chi connectivity index (χ1) is 14.1. The SMILES string of the molecule is C[C@H](Oc1ccccc1F)c1nnc(SCC(=O)c2ccc3c(c2)CCCC3)o1. The molecule has 0 bridgehead atoms. The normalized spacial score (nSPS) is 14.3. The number of aryl methyl sites for hydroxylation is 2. The number of Topliss-reactive ketones (excluding diaryl/α,β-unsaturated/α-hetero) is 1. The van der Waals surface area contributed by atoms with Gasteiger partial charge in [-0.05, 0) is 61.9 Å². The van der Waals surface area contributed by atoms with Crippen LogP contribution in [0.5, 0.6) is 5.75 Å². The second-order valence-electron chi connectivity index (χ2n) is 7.00. The summed E-state index contributed by atoms with van der Waals surface area (Å²) in [5.41, 5.74) is 3.35. The van der Waals surface area contributed by atoms with Crippen molar-refractivity contribution in [1.29, 1.82) is 0 Å². The molecule has 3 aromatic rings. The molecule has 1 aliphatic rings. The molecule has 0 spiro atoms. The maximum atomic E-state index is 13.7. The van der Waals surface area contributed by atoms with E-state index in [1.54, 1.807) is 19.1 Å². The summed E-state index contributed by atoms with van der Waals surface area (Å²) in [5, 5.41) is 8.20. The van der Waals surface area contributed by atoms with Crippen LogP contribution in [0.4, 0.5) is 4.39 Å². The number of halogens is 1. The van der Waals surface area contributed by atoms with Crippen LogP contribution in [0.15, 0.2) is 52.1 Å². The van der Waals surface area contributed by atoms with Crippen molar-refractivity contribution < 1.29 is 18.3 Å². The summed E-state index contributed by atoms with van der Waals surface area (Å²) in [6.07, 6.45) is 3.92. The monoisotopic (exact) mass is 412 g/mol. The lowest BCUT2D eigenvalue weighted by atomic mass is 9.90. The van der Waals surface area contributed by atoms with Gasteiger partial charge in [0, 0.05) is 5.56 Å². The van der Waals surface area contributed by atoms with Gasteiger partial charge >= 0.3 is 0 Å². The Hall–Kier alpha value is -2.67. The third-order valence-electron chi connectivity index (χ3n) is 4.91.